The lowest BCUT2D eigenvalue weighted by Gasteiger charge is -2.48. The van der Waals surface area contributed by atoms with Crippen molar-refractivity contribution in [1.29, 1.82) is 0 Å². The van der Waals surface area contributed by atoms with Crippen LogP contribution in [0.5, 0.6) is 0 Å². The molecule has 0 radical (unpaired) electrons. The van der Waals surface area contributed by atoms with E-state index in [1.165, 1.54) is 0 Å². The van der Waals surface area contributed by atoms with Crippen LogP contribution in [0.4, 0.5) is 4.79 Å². The molecule has 2 aromatic carbocycles. The van der Waals surface area contributed by atoms with Crippen LogP contribution in [0.1, 0.15) is 37.8 Å². The largest absolute Gasteiger partial charge is 0.440 e. The second kappa shape index (κ2) is 6.97. The van der Waals surface area contributed by atoms with Crippen molar-refractivity contribution >= 4 is 12.0 Å². The number of nitrogens with zero attached hydrogens (tertiary/aromatic N) is 2. The Hall–Kier alpha value is -2.82. The number of amides is 2. The van der Waals surface area contributed by atoms with E-state index in [9.17, 15) is 9.59 Å². The maximum absolute atomic E-state index is 13.1. The minimum Gasteiger partial charge on any atom is -0.440 e. The lowest BCUT2D eigenvalue weighted by Crippen LogP contribution is -2.58. The lowest BCUT2D eigenvalue weighted by molar-refractivity contribution is -0.134. The number of carbonyl (C=O) groups excluding carboxylic acids is 2. The van der Waals surface area contributed by atoms with Crippen LogP contribution >= 0.6 is 0 Å². The molecule has 0 aromatic heterocycles. The summed E-state index contributed by atoms with van der Waals surface area (Å²) in [5.74, 6) is 0.0710. The van der Waals surface area contributed by atoms with Crippen molar-refractivity contribution in [2.24, 2.45) is 0 Å². The van der Waals surface area contributed by atoms with E-state index in [1.54, 1.807) is 6.92 Å². The van der Waals surface area contributed by atoms with Crippen molar-refractivity contribution in [3.8, 4) is 0 Å². The number of benzene rings is 2. The Balaban J connectivity index is 1.75. The zero-order chi connectivity index (χ0) is 19.8. The molecule has 0 aliphatic carbocycles. The Morgan fingerprint density at radius 3 is 2.14 bits per heavy atom. The number of hydrogen-bond acceptors (Lipinski definition) is 3. The molecule has 2 heterocycles. The van der Waals surface area contributed by atoms with E-state index in [2.05, 4.69) is 19.1 Å². The molecule has 2 amide bonds. The van der Waals surface area contributed by atoms with Crippen molar-refractivity contribution < 1.29 is 14.3 Å². The molecule has 1 unspecified atom stereocenters. The van der Waals surface area contributed by atoms with E-state index in [1.807, 2.05) is 58.3 Å². The lowest BCUT2D eigenvalue weighted by atomic mass is 9.70. The van der Waals surface area contributed by atoms with Crippen LogP contribution in [0.3, 0.4) is 0 Å². The topological polar surface area (TPSA) is 49.9 Å². The highest BCUT2D eigenvalue weighted by molar-refractivity contribution is 5.75. The van der Waals surface area contributed by atoms with Gasteiger partial charge in [-0.2, -0.15) is 0 Å². The van der Waals surface area contributed by atoms with Crippen LogP contribution < -0.4 is 0 Å². The number of piperidine rings is 1. The molecule has 2 aromatic rings. The van der Waals surface area contributed by atoms with Gasteiger partial charge in [0.2, 0.25) is 5.91 Å². The van der Waals surface area contributed by atoms with Gasteiger partial charge < -0.3 is 9.64 Å². The Labute approximate surface area is 165 Å². The van der Waals surface area contributed by atoms with Gasteiger partial charge >= 0.3 is 6.09 Å². The van der Waals surface area contributed by atoms with Gasteiger partial charge in [-0.05, 0) is 18.1 Å². The maximum Gasteiger partial charge on any atom is 0.411 e. The second-order valence-corrected chi connectivity index (χ2v) is 7.88. The average molecular weight is 378 g/mol. The summed E-state index contributed by atoms with van der Waals surface area (Å²) < 4.78 is 6.12. The van der Waals surface area contributed by atoms with Crippen molar-refractivity contribution in [2.75, 3.05) is 13.1 Å². The summed E-state index contributed by atoms with van der Waals surface area (Å²) in [6.45, 7) is 5.40. The third-order valence-corrected chi connectivity index (χ3v) is 6.47. The molecule has 5 nitrogen and oxygen atoms in total. The van der Waals surface area contributed by atoms with Gasteiger partial charge in [-0.15, -0.1) is 0 Å². The predicted molar refractivity (Wildman–Crippen MR) is 106 cm³/mol. The third kappa shape index (κ3) is 2.86. The number of hydrogen-bond donors (Lipinski definition) is 0. The van der Waals surface area contributed by atoms with Gasteiger partial charge in [0.25, 0.3) is 0 Å². The van der Waals surface area contributed by atoms with Gasteiger partial charge in [-0.3, -0.25) is 9.69 Å². The first-order valence-corrected chi connectivity index (χ1v) is 9.82. The monoisotopic (exact) mass is 378 g/mol. The molecule has 2 saturated heterocycles. The van der Waals surface area contributed by atoms with Gasteiger partial charge in [0.05, 0.1) is 6.54 Å². The molecule has 0 bridgehead atoms. The smallest absolute Gasteiger partial charge is 0.411 e. The SMILES string of the molecule is CC(=O)N1CCC2(CC1)OC(=O)N(Cc1ccccc1)C2(C)c1ccccc1. The zero-order valence-electron chi connectivity index (χ0n) is 16.4. The zero-order valence-corrected chi connectivity index (χ0v) is 16.4. The summed E-state index contributed by atoms with van der Waals surface area (Å²) in [5.41, 5.74) is 0.879. The second-order valence-electron chi connectivity index (χ2n) is 7.88. The van der Waals surface area contributed by atoms with Gasteiger partial charge in [-0.25, -0.2) is 4.79 Å². The van der Waals surface area contributed by atoms with E-state index < -0.39 is 11.1 Å². The van der Waals surface area contributed by atoms with Gasteiger partial charge in [0, 0.05) is 32.9 Å². The average Bonchev–Trinajstić information content (AvgIpc) is 2.92. The summed E-state index contributed by atoms with van der Waals surface area (Å²) in [6.07, 6.45) is 0.982. The van der Waals surface area contributed by atoms with Gasteiger partial charge in [-0.1, -0.05) is 60.7 Å². The molecule has 0 N–H and O–H groups in total. The van der Waals surface area contributed by atoms with Crippen molar-refractivity contribution in [2.45, 2.75) is 44.4 Å². The van der Waals surface area contributed by atoms with Crippen molar-refractivity contribution in [1.82, 2.24) is 9.80 Å². The summed E-state index contributed by atoms with van der Waals surface area (Å²) in [4.78, 5) is 28.6. The summed E-state index contributed by atoms with van der Waals surface area (Å²) in [6, 6.07) is 20.1. The molecule has 4 rings (SSSR count). The van der Waals surface area contributed by atoms with Crippen LogP contribution in [-0.2, 0) is 21.6 Å². The molecule has 0 saturated carbocycles. The first-order chi connectivity index (χ1) is 13.5. The summed E-state index contributed by atoms with van der Waals surface area (Å²) in [7, 11) is 0. The fourth-order valence-corrected chi connectivity index (χ4v) is 4.69. The van der Waals surface area contributed by atoms with Crippen LogP contribution in [0.2, 0.25) is 0 Å². The molecule has 5 heteroatoms. The highest BCUT2D eigenvalue weighted by Crippen LogP contribution is 2.52. The summed E-state index contributed by atoms with van der Waals surface area (Å²) >= 11 is 0. The molecule has 28 heavy (non-hydrogen) atoms. The van der Waals surface area contributed by atoms with Crippen LogP contribution in [0, 0.1) is 0 Å². The molecule has 1 spiro atoms. The molecule has 2 aliphatic rings. The van der Waals surface area contributed by atoms with Crippen LogP contribution in [-0.4, -0.2) is 40.5 Å². The summed E-state index contributed by atoms with van der Waals surface area (Å²) in [5, 5.41) is 0. The van der Waals surface area contributed by atoms with Crippen molar-refractivity contribution in [3.63, 3.8) is 0 Å². The van der Waals surface area contributed by atoms with Crippen LogP contribution in [0.25, 0.3) is 0 Å². The molecule has 2 fully saturated rings. The highest BCUT2D eigenvalue weighted by Gasteiger charge is 2.63. The predicted octanol–water partition coefficient (Wildman–Crippen LogP) is 3.94. The molecular formula is C23H26N2O3. The minimum absolute atomic E-state index is 0.0710. The van der Waals surface area contributed by atoms with E-state index >= 15 is 0 Å². The Morgan fingerprint density at radius 1 is 1.00 bits per heavy atom. The number of ether oxygens (including phenoxy) is 1. The van der Waals surface area contributed by atoms with Gasteiger partial charge in [0.1, 0.15) is 11.1 Å². The normalized spacial score (nSPS) is 23.7. The van der Waals surface area contributed by atoms with Gasteiger partial charge in [0.15, 0.2) is 0 Å². The van der Waals surface area contributed by atoms with E-state index in [-0.39, 0.29) is 12.0 Å². The standard InChI is InChI=1S/C23H26N2O3/c1-18(26)24-15-13-23(14-16-24)22(2,20-11-7-4-8-12-20)25(21(27)28-23)17-19-9-5-3-6-10-19/h3-12H,13-17H2,1-2H3. The Kier molecular flexibility index (Phi) is 4.61. The molecule has 1 atom stereocenters. The minimum atomic E-state index is -0.647. The number of likely N-dealkylation sites (tertiary alicyclic amines) is 1. The van der Waals surface area contributed by atoms with Crippen molar-refractivity contribution in [3.05, 3.63) is 71.8 Å². The molecular weight excluding hydrogens is 352 g/mol. The third-order valence-electron chi connectivity index (χ3n) is 6.47. The Morgan fingerprint density at radius 2 is 1.57 bits per heavy atom. The van der Waals surface area contributed by atoms with Crippen LogP contribution in [0.15, 0.2) is 60.7 Å². The molecule has 146 valence electrons. The number of carbonyl (C=O) groups is 2. The van der Waals surface area contributed by atoms with E-state index in [0.717, 1.165) is 11.1 Å². The van der Waals surface area contributed by atoms with E-state index in [0.29, 0.717) is 32.5 Å². The maximum atomic E-state index is 13.1. The highest BCUT2D eigenvalue weighted by atomic mass is 16.6. The fourth-order valence-electron chi connectivity index (χ4n) is 4.69. The first kappa shape index (κ1) is 18.5. The molecule has 2 aliphatic heterocycles. The van der Waals surface area contributed by atoms with E-state index in [4.69, 9.17) is 4.74 Å². The Bertz CT molecular complexity index is 860. The first-order valence-electron chi connectivity index (χ1n) is 9.82. The number of rotatable bonds is 3. The fraction of sp³-hybridized carbons (Fsp3) is 0.391. The quantitative estimate of drug-likeness (QED) is 0.813.